The molecule has 2 aromatic carbocycles. The predicted molar refractivity (Wildman–Crippen MR) is 67.4 cm³/mol. The molecular formula is C13H5F5O5S. The molecule has 0 fully saturated rings. The van der Waals surface area contributed by atoms with Crippen LogP contribution in [0.5, 0.6) is 5.75 Å². The van der Waals surface area contributed by atoms with Gasteiger partial charge < -0.3 is 9.29 Å². The number of carbonyl (C=O) groups is 1. The summed E-state index contributed by atoms with van der Waals surface area (Å²) < 4.78 is 93.5. The minimum absolute atomic E-state index is 0.301. The highest BCUT2D eigenvalue weighted by atomic mass is 32.2. The van der Waals surface area contributed by atoms with Gasteiger partial charge in [-0.25, -0.2) is 18.0 Å². The highest BCUT2D eigenvalue weighted by Gasteiger charge is 2.31. The summed E-state index contributed by atoms with van der Waals surface area (Å²) in [5, 5.41) is 8.67. The summed E-state index contributed by atoms with van der Waals surface area (Å²) in [7, 11) is -4.98. The summed E-state index contributed by atoms with van der Waals surface area (Å²) in [6.07, 6.45) is 0. The fourth-order valence-electron chi connectivity index (χ4n) is 1.58. The molecule has 0 saturated heterocycles. The molecule has 0 aliphatic heterocycles. The van der Waals surface area contributed by atoms with Crippen molar-refractivity contribution in [3.63, 3.8) is 0 Å². The van der Waals surface area contributed by atoms with Crippen LogP contribution in [0.25, 0.3) is 0 Å². The van der Waals surface area contributed by atoms with E-state index in [1.165, 1.54) is 0 Å². The van der Waals surface area contributed by atoms with Crippen LogP contribution in [-0.2, 0) is 10.1 Å². The number of hydrogen-bond donors (Lipinski definition) is 1. The van der Waals surface area contributed by atoms with Gasteiger partial charge in [0.15, 0.2) is 0 Å². The zero-order valence-electron chi connectivity index (χ0n) is 11.2. The topological polar surface area (TPSA) is 80.7 Å². The van der Waals surface area contributed by atoms with Crippen LogP contribution in [0, 0.1) is 29.1 Å². The third kappa shape index (κ3) is 3.02. The lowest BCUT2D eigenvalue weighted by molar-refractivity contribution is 0.0696. The molecule has 2 rings (SSSR count). The van der Waals surface area contributed by atoms with E-state index in [-0.39, 0.29) is 5.56 Å². The Hall–Kier alpha value is -2.69. The van der Waals surface area contributed by atoms with Crippen molar-refractivity contribution in [2.24, 2.45) is 0 Å². The number of halogens is 5. The van der Waals surface area contributed by atoms with Gasteiger partial charge >= 0.3 is 16.1 Å². The van der Waals surface area contributed by atoms with Crippen molar-refractivity contribution < 1.29 is 44.5 Å². The van der Waals surface area contributed by atoms with Crippen molar-refractivity contribution in [1.29, 1.82) is 0 Å². The number of benzene rings is 2. The normalized spacial score (nSPS) is 11.4. The van der Waals surface area contributed by atoms with Crippen LogP contribution in [0.2, 0.25) is 0 Å². The van der Waals surface area contributed by atoms with Crippen molar-refractivity contribution in [1.82, 2.24) is 0 Å². The van der Waals surface area contributed by atoms with E-state index in [0.29, 0.717) is 0 Å². The van der Waals surface area contributed by atoms with E-state index in [4.69, 9.17) is 5.11 Å². The zero-order valence-corrected chi connectivity index (χ0v) is 12.0. The highest BCUT2D eigenvalue weighted by Crippen LogP contribution is 2.31. The Labute approximate surface area is 131 Å². The Morgan fingerprint density at radius 1 is 0.833 bits per heavy atom. The average Bonchev–Trinajstić information content (AvgIpc) is 2.55. The van der Waals surface area contributed by atoms with Gasteiger partial charge in [-0.15, -0.1) is 0 Å². The summed E-state index contributed by atoms with van der Waals surface area (Å²) >= 11 is 0. The van der Waals surface area contributed by atoms with Crippen molar-refractivity contribution in [3.8, 4) is 5.75 Å². The number of rotatable bonds is 4. The summed E-state index contributed by atoms with van der Waals surface area (Å²) in [6.45, 7) is 0. The van der Waals surface area contributed by atoms with Gasteiger partial charge in [-0.2, -0.15) is 17.2 Å². The summed E-state index contributed by atoms with van der Waals surface area (Å²) in [5.74, 6) is -15.5. The van der Waals surface area contributed by atoms with Crippen molar-refractivity contribution in [2.45, 2.75) is 4.90 Å². The van der Waals surface area contributed by atoms with Gasteiger partial charge in [0.25, 0.3) is 0 Å². The minimum Gasteiger partial charge on any atom is -0.478 e. The third-order valence-electron chi connectivity index (χ3n) is 2.75. The van der Waals surface area contributed by atoms with Crippen LogP contribution in [0.4, 0.5) is 22.0 Å². The Morgan fingerprint density at radius 2 is 1.25 bits per heavy atom. The number of aromatic carboxylic acids is 1. The molecule has 5 nitrogen and oxygen atoms in total. The van der Waals surface area contributed by atoms with Gasteiger partial charge in [-0.1, -0.05) is 0 Å². The molecule has 0 bridgehead atoms. The molecule has 24 heavy (non-hydrogen) atoms. The first-order chi connectivity index (χ1) is 11.1. The summed E-state index contributed by atoms with van der Waals surface area (Å²) in [5.41, 5.74) is -0.301. The SMILES string of the molecule is O=C(O)c1ccc(S(=O)(=O)Oc2c(F)c(F)c(F)c(F)c2F)cc1. The molecule has 0 radical (unpaired) electrons. The van der Waals surface area contributed by atoms with Crippen LogP contribution in [0.1, 0.15) is 10.4 Å². The molecule has 0 atom stereocenters. The van der Waals surface area contributed by atoms with Crippen molar-refractivity contribution in [2.75, 3.05) is 0 Å². The van der Waals surface area contributed by atoms with Crippen molar-refractivity contribution >= 4 is 16.1 Å². The predicted octanol–water partition coefficient (Wildman–Crippen LogP) is 2.85. The van der Waals surface area contributed by atoms with Gasteiger partial charge in [0.1, 0.15) is 4.90 Å². The summed E-state index contributed by atoms with van der Waals surface area (Å²) in [6, 6.07) is 3.14. The van der Waals surface area contributed by atoms with Gasteiger partial charge in [-0.3, -0.25) is 0 Å². The van der Waals surface area contributed by atoms with E-state index in [2.05, 4.69) is 4.18 Å². The molecule has 0 saturated carbocycles. The Morgan fingerprint density at radius 3 is 1.67 bits per heavy atom. The first-order valence-electron chi connectivity index (χ1n) is 5.85. The van der Waals surface area contributed by atoms with Gasteiger partial charge in [0, 0.05) is 0 Å². The van der Waals surface area contributed by atoms with E-state index < -0.39 is 55.8 Å². The molecule has 0 aliphatic carbocycles. The van der Waals surface area contributed by atoms with E-state index >= 15 is 0 Å². The Bertz CT molecular complexity index is 896. The molecule has 1 N–H and O–H groups in total. The molecule has 0 aromatic heterocycles. The van der Waals surface area contributed by atoms with E-state index in [0.717, 1.165) is 24.3 Å². The van der Waals surface area contributed by atoms with E-state index in [1.54, 1.807) is 0 Å². The molecule has 128 valence electrons. The molecule has 0 heterocycles. The Balaban J connectivity index is 2.49. The summed E-state index contributed by atoms with van der Waals surface area (Å²) in [4.78, 5) is 9.90. The monoisotopic (exact) mass is 368 g/mol. The fraction of sp³-hybridized carbons (Fsp3) is 0. The van der Waals surface area contributed by atoms with Crippen LogP contribution in [0.15, 0.2) is 29.2 Å². The quantitative estimate of drug-likeness (QED) is 0.389. The maximum absolute atomic E-state index is 13.4. The number of carboxylic acid groups (broad SMARTS) is 1. The molecular weight excluding hydrogens is 363 g/mol. The van der Waals surface area contributed by atoms with Crippen LogP contribution < -0.4 is 4.18 Å². The standard InChI is InChI=1S/C13H5F5O5S/c14-7-8(15)10(17)12(11(18)9(7)16)23-24(21,22)6-3-1-5(2-4-6)13(19)20/h1-4H,(H,19,20). The highest BCUT2D eigenvalue weighted by molar-refractivity contribution is 7.87. The third-order valence-corrected chi connectivity index (χ3v) is 3.99. The molecule has 11 heteroatoms. The van der Waals surface area contributed by atoms with Crippen LogP contribution in [-0.4, -0.2) is 19.5 Å². The molecule has 0 aliphatic rings. The minimum atomic E-state index is -4.98. The molecule has 0 amide bonds. The van der Waals surface area contributed by atoms with Gasteiger partial charge in [-0.05, 0) is 24.3 Å². The zero-order chi connectivity index (χ0) is 18.2. The molecule has 0 spiro atoms. The van der Waals surface area contributed by atoms with Gasteiger partial charge in [0.05, 0.1) is 5.56 Å². The second-order valence-corrected chi connectivity index (χ2v) is 5.81. The maximum atomic E-state index is 13.4. The first kappa shape index (κ1) is 17.7. The molecule has 2 aromatic rings. The second-order valence-electron chi connectivity index (χ2n) is 4.27. The number of hydrogen-bond acceptors (Lipinski definition) is 4. The smallest absolute Gasteiger partial charge is 0.339 e. The lowest BCUT2D eigenvalue weighted by atomic mass is 10.2. The lowest BCUT2D eigenvalue weighted by Gasteiger charge is -2.10. The molecule has 0 unspecified atom stereocenters. The van der Waals surface area contributed by atoms with Crippen LogP contribution >= 0.6 is 0 Å². The average molecular weight is 368 g/mol. The van der Waals surface area contributed by atoms with E-state index in [1.807, 2.05) is 0 Å². The largest absolute Gasteiger partial charge is 0.478 e. The maximum Gasteiger partial charge on any atom is 0.339 e. The first-order valence-corrected chi connectivity index (χ1v) is 7.26. The Kier molecular flexibility index (Phi) is 4.47. The van der Waals surface area contributed by atoms with Crippen LogP contribution in [0.3, 0.4) is 0 Å². The van der Waals surface area contributed by atoms with Crippen molar-refractivity contribution in [3.05, 3.63) is 58.9 Å². The van der Waals surface area contributed by atoms with Gasteiger partial charge in [0.2, 0.25) is 34.8 Å². The van der Waals surface area contributed by atoms with E-state index in [9.17, 15) is 35.2 Å². The number of carboxylic acids is 1. The second kappa shape index (κ2) is 6.07. The lowest BCUT2D eigenvalue weighted by Crippen LogP contribution is -2.14. The fourth-order valence-corrected chi connectivity index (χ4v) is 2.51.